The summed E-state index contributed by atoms with van der Waals surface area (Å²) in [6.45, 7) is 0. The molecule has 21 heavy (non-hydrogen) atoms. The fraction of sp³-hybridized carbons (Fsp3) is 0.0667. The van der Waals surface area contributed by atoms with E-state index in [4.69, 9.17) is 4.74 Å². The van der Waals surface area contributed by atoms with Crippen molar-refractivity contribution in [1.29, 1.82) is 0 Å². The Hall–Kier alpha value is -2.34. The van der Waals surface area contributed by atoms with Crippen LogP contribution in [0.2, 0.25) is 0 Å². The molecule has 0 aliphatic heterocycles. The molecule has 0 saturated heterocycles. The Labute approximate surface area is 129 Å². The van der Waals surface area contributed by atoms with Crippen molar-refractivity contribution in [2.45, 2.75) is 0 Å². The zero-order chi connectivity index (χ0) is 14.8. The van der Waals surface area contributed by atoms with E-state index in [9.17, 15) is 4.79 Å². The number of rotatable bonds is 3. The largest absolute Gasteiger partial charge is 0.496 e. The molecule has 2 aromatic carbocycles. The molecule has 1 heterocycles. The molecule has 0 spiro atoms. The Morgan fingerprint density at radius 1 is 1.29 bits per heavy atom. The van der Waals surface area contributed by atoms with Crippen LogP contribution in [0.1, 0.15) is 10.4 Å². The van der Waals surface area contributed by atoms with Crippen molar-refractivity contribution in [3.8, 4) is 5.75 Å². The van der Waals surface area contributed by atoms with E-state index in [0.29, 0.717) is 17.1 Å². The first kappa shape index (κ1) is 13.6. The molecule has 106 valence electrons. The lowest BCUT2D eigenvalue weighted by Gasteiger charge is -2.07. The minimum absolute atomic E-state index is 0.260. The Kier molecular flexibility index (Phi) is 3.62. The molecule has 0 atom stereocenters. The summed E-state index contributed by atoms with van der Waals surface area (Å²) < 4.78 is 6.14. The van der Waals surface area contributed by atoms with Gasteiger partial charge in [-0.2, -0.15) is 5.10 Å². The van der Waals surface area contributed by atoms with Crippen LogP contribution in [0.5, 0.6) is 5.75 Å². The molecule has 0 aliphatic rings. The minimum atomic E-state index is -0.260. The molecular formula is C15H12BrN3O2. The van der Waals surface area contributed by atoms with Crippen molar-refractivity contribution in [3.05, 3.63) is 52.5 Å². The van der Waals surface area contributed by atoms with E-state index in [-0.39, 0.29) is 5.91 Å². The number of benzene rings is 2. The Morgan fingerprint density at radius 3 is 2.90 bits per heavy atom. The average molecular weight is 346 g/mol. The van der Waals surface area contributed by atoms with Gasteiger partial charge in [0.15, 0.2) is 5.82 Å². The average Bonchev–Trinajstić information content (AvgIpc) is 2.89. The van der Waals surface area contributed by atoms with E-state index >= 15 is 0 Å². The highest BCUT2D eigenvalue weighted by Gasteiger charge is 2.14. The first-order valence-corrected chi connectivity index (χ1v) is 7.06. The van der Waals surface area contributed by atoms with Crippen molar-refractivity contribution in [1.82, 2.24) is 10.2 Å². The molecule has 0 radical (unpaired) electrons. The van der Waals surface area contributed by atoms with Crippen molar-refractivity contribution < 1.29 is 9.53 Å². The van der Waals surface area contributed by atoms with Gasteiger partial charge in [-0.15, -0.1) is 0 Å². The highest BCUT2D eigenvalue weighted by Crippen LogP contribution is 2.25. The van der Waals surface area contributed by atoms with Crippen molar-refractivity contribution in [2.75, 3.05) is 12.4 Å². The summed E-state index contributed by atoms with van der Waals surface area (Å²) in [5, 5.41) is 10.7. The van der Waals surface area contributed by atoms with Gasteiger partial charge < -0.3 is 10.1 Å². The number of hydrogen-bond donors (Lipinski definition) is 2. The van der Waals surface area contributed by atoms with E-state index in [0.717, 1.165) is 15.4 Å². The number of aromatic nitrogens is 2. The fourth-order valence-electron chi connectivity index (χ4n) is 2.09. The molecule has 0 aliphatic carbocycles. The summed E-state index contributed by atoms with van der Waals surface area (Å²) >= 11 is 3.40. The first-order valence-electron chi connectivity index (χ1n) is 6.27. The third-order valence-electron chi connectivity index (χ3n) is 3.11. The van der Waals surface area contributed by atoms with Crippen LogP contribution in [0.4, 0.5) is 5.82 Å². The van der Waals surface area contributed by atoms with Crippen LogP contribution in [0, 0.1) is 0 Å². The van der Waals surface area contributed by atoms with Gasteiger partial charge in [0.25, 0.3) is 5.91 Å². The number of hydrogen-bond acceptors (Lipinski definition) is 3. The number of nitrogens with one attached hydrogen (secondary N) is 2. The van der Waals surface area contributed by atoms with Crippen LogP contribution in [0.15, 0.2) is 46.9 Å². The molecular weight excluding hydrogens is 334 g/mol. The molecule has 6 heteroatoms. The second-order valence-corrected chi connectivity index (χ2v) is 5.33. The quantitative estimate of drug-likeness (QED) is 0.762. The van der Waals surface area contributed by atoms with Gasteiger partial charge in [-0.3, -0.25) is 9.89 Å². The zero-order valence-electron chi connectivity index (χ0n) is 11.2. The van der Waals surface area contributed by atoms with Gasteiger partial charge in [0.2, 0.25) is 0 Å². The normalized spacial score (nSPS) is 10.6. The number of amides is 1. The third-order valence-corrected chi connectivity index (χ3v) is 3.60. The summed E-state index contributed by atoms with van der Waals surface area (Å²) in [6, 6.07) is 12.8. The SMILES string of the molecule is COc1ccccc1C(=O)Nc1n[nH]c2cc(Br)ccc12. The number of para-hydroxylation sites is 1. The molecule has 0 saturated carbocycles. The molecule has 0 fully saturated rings. The van der Waals surface area contributed by atoms with Crippen molar-refractivity contribution in [3.63, 3.8) is 0 Å². The second-order valence-electron chi connectivity index (χ2n) is 4.42. The smallest absolute Gasteiger partial charge is 0.260 e. The lowest BCUT2D eigenvalue weighted by Crippen LogP contribution is -2.13. The summed E-state index contributed by atoms with van der Waals surface area (Å²) in [4.78, 5) is 12.3. The molecule has 3 rings (SSSR count). The predicted octanol–water partition coefficient (Wildman–Crippen LogP) is 3.59. The maximum absolute atomic E-state index is 12.3. The number of halogens is 1. The number of anilines is 1. The predicted molar refractivity (Wildman–Crippen MR) is 84.7 cm³/mol. The van der Waals surface area contributed by atoms with Gasteiger partial charge in [-0.05, 0) is 30.3 Å². The zero-order valence-corrected chi connectivity index (χ0v) is 12.8. The van der Waals surface area contributed by atoms with Crippen molar-refractivity contribution >= 4 is 38.6 Å². The fourth-order valence-corrected chi connectivity index (χ4v) is 2.46. The van der Waals surface area contributed by atoms with Gasteiger partial charge in [0, 0.05) is 9.86 Å². The van der Waals surface area contributed by atoms with Gasteiger partial charge >= 0.3 is 0 Å². The number of methoxy groups -OCH3 is 1. The number of nitrogens with zero attached hydrogens (tertiary/aromatic N) is 1. The van der Waals surface area contributed by atoms with E-state index in [2.05, 4.69) is 31.4 Å². The van der Waals surface area contributed by atoms with Crippen LogP contribution >= 0.6 is 15.9 Å². The van der Waals surface area contributed by atoms with E-state index in [1.165, 1.54) is 7.11 Å². The van der Waals surface area contributed by atoms with E-state index in [1.54, 1.807) is 18.2 Å². The van der Waals surface area contributed by atoms with Crippen LogP contribution in [0.3, 0.4) is 0 Å². The summed E-state index contributed by atoms with van der Waals surface area (Å²) in [6.07, 6.45) is 0. The standard InChI is InChI=1S/C15H12BrN3O2/c1-21-13-5-3-2-4-11(13)15(20)17-14-10-7-6-9(16)8-12(10)18-19-14/h2-8H,1H3,(H2,17,18,19,20). The third kappa shape index (κ3) is 2.62. The molecule has 3 aromatic rings. The Morgan fingerprint density at radius 2 is 2.10 bits per heavy atom. The number of carbonyl (C=O) groups excluding carboxylic acids is 1. The maximum Gasteiger partial charge on any atom is 0.260 e. The van der Waals surface area contributed by atoms with Crippen LogP contribution in [-0.4, -0.2) is 23.2 Å². The number of ether oxygens (including phenoxy) is 1. The number of aromatic amines is 1. The molecule has 2 N–H and O–H groups in total. The van der Waals surface area contributed by atoms with Crippen LogP contribution < -0.4 is 10.1 Å². The lowest BCUT2D eigenvalue weighted by molar-refractivity contribution is 0.102. The van der Waals surface area contributed by atoms with Gasteiger partial charge in [-0.1, -0.05) is 28.1 Å². The van der Waals surface area contributed by atoms with E-state index < -0.39 is 0 Å². The van der Waals surface area contributed by atoms with Crippen LogP contribution in [0.25, 0.3) is 10.9 Å². The van der Waals surface area contributed by atoms with Crippen LogP contribution in [-0.2, 0) is 0 Å². The van der Waals surface area contributed by atoms with Crippen molar-refractivity contribution in [2.24, 2.45) is 0 Å². The Balaban J connectivity index is 1.93. The summed E-state index contributed by atoms with van der Waals surface area (Å²) in [5.74, 6) is 0.759. The molecule has 0 unspecified atom stereocenters. The number of H-pyrrole nitrogens is 1. The van der Waals surface area contributed by atoms with Gasteiger partial charge in [0.1, 0.15) is 5.75 Å². The molecule has 5 nitrogen and oxygen atoms in total. The highest BCUT2D eigenvalue weighted by atomic mass is 79.9. The monoisotopic (exact) mass is 345 g/mol. The number of carbonyl (C=O) groups is 1. The summed E-state index contributed by atoms with van der Waals surface area (Å²) in [7, 11) is 1.54. The minimum Gasteiger partial charge on any atom is -0.496 e. The summed E-state index contributed by atoms with van der Waals surface area (Å²) in [5.41, 5.74) is 1.31. The van der Waals surface area contributed by atoms with Gasteiger partial charge in [-0.25, -0.2) is 0 Å². The maximum atomic E-state index is 12.3. The first-order chi connectivity index (χ1) is 10.2. The Bertz CT molecular complexity index is 814. The lowest BCUT2D eigenvalue weighted by atomic mass is 10.2. The van der Waals surface area contributed by atoms with Gasteiger partial charge in [0.05, 0.1) is 18.2 Å². The molecule has 1 amide bonds. The highest BCUT2D eigenvalue weighted by molar-refractivity contribution is 9.10. The molecule has 0 bridgehead atoms. The topological polar surface area (TPSA) is 67.0 Å². The second kappa shape index (κ2) is 5.57. The number of fused-ring (bicyclic) bond motifs is 1. The molecule has 1 aromatic heterocycles. The van der Waals surface area contributed by atoms with E-state index in [1.807, 2.05) is 24.3 Å².